The Hall–Kier alpha value is -1.96. The van der Waals surface area contributed by atoms with E-state index in [4.69, 9.17) is 16.3 Å². The Kier molecular flexibility index (Phi) is 6.14. The van der Waals surface area contributed by atoms with Crippen LogP contribution in [0.25, 0.3) is 0 Å². The highest BCUT2D eigenvalue weighted by Crippen LogP contribution is 2.30. The topological polar surface area (TPSA) is 42.5 Å². The number of hydrogen-bond donors (Lipinski definition) is 2. The Morgan fingerprint density at radius 3 is 2.74 bits per heavy atom. The summed E-state index contributed by atoms with van der Waals surface area (Å²) >= 11 is 6.08. The minimum Gasteiger partial charge on any atom is -0.496 e. The highest BCUT2D eigenvalue weighted by Gasteiger charge is 2.32. The number of nitrogens with one attached hydrogen (secondary N) is 2. The molecule has 0 aromatic heterocycles. The lowest BCUT2D eigenvalue weighted by atomic mass is 10.0. The highest BCUT2D eigenvalue weighted by molar-refractivity contribution is 6.30. The maximum atomic E-state index is 12.5. The van der Waals surface area contributed by atoms with Crippen molar-refractivity contribution in [2.75, 3.05) is 13.7 Å². The van der Waals surface area contributed by atoms with E-state index in [9.17, 15) is 13.2 Å². The average molecular weight is 401 g/mol. The number of benzene rings is 2. The predicted molar refractivity (Wildman–Crippen MR) is 97.1 cm³/mol. The van der Waals surface area contributed by atoms with Gasteiger partial charge in [0, 0.05) is 29.2 Å². The van der Waals surface area contributed by atoms with Gasteiger partial charge in [-0.3, -0.25) is 0 Å². The van der Waals surface area contributed by atoms with Crippen molar-refractivity contribution < 1.29 is 22.6 Å². The molecule has 146 valence electrons. The molecule has 0 saturated carbocycles. The van der Waals surface area contributed by atoms with Gasteiger partial charge in [0.25, 0.3) is 0 Å². The van der Waals surface area contributed by atoms with Gasteiger partial charge in [0.1, 0.15) is 11.5 Å². The molecule has 1 aliphatic heterocycles. The molecular formula is C19H20ClF3N2O2. The summed E-state index contributed by atoms with van der Waals surface area (Å²) in [6, 6.07) is 11.9. The van der Waals surface area contributed by atoms with E-state index in [-0.39, 0.29) is 17.8 Å². The van der Waals surface area contributed by atoms with Gasteiger partial charge >= 0.3 is 6.36 Å². The summed E-state index contributed by atoms with van der Waals surface area (Å²) in [5.74, 6) is 0.235. The molecule has 1 fully saturated rings. The van der Waals surface area contributed by atoms with E-state index in [0.717, 1.165) is 18.5 Å². The Bertz CT molecular complexity index is 786. The predicted octanol–water partition coefficient (Wildman–Crippen LogP) is 4.44. The fourth-order valence-electron chi connectivity index (χ4n) is 3.30. The van der Waals surface area contributed by atoms with E-state index < -0.39 is 6.36 Å². The van der Waals surface area contributed by atoms with Gasteiger partial charge in [0.05, 0.1) is 7.11 Å². The van der Waals surface area contributed by atoms with E-state index in [0.29, 0.717) is 22.9 Å². The Morgan fingerprint density at radius 2 is 2.04 bits per heavy atom. The molecule has 2 atom stereocenters. The minimum atomic E-state index is -4.73. The first-order valence-corrected chi connectivity index (χ1v) is 8.88. The molecule has 4 nitrogen and oxygen atoms in total. The summed E-state index contributed by atoms with van der Waals surface area (Å²) in [6.45, 7) is 1.19. The second-order valence-electron chi connectivity index (χ2n) is 6.28. The second-order valence-corrected chi connectivity index (χ2v) is 6.72. The summed E-state index contributed by atoms with van der Waals surface area (Å²) in [5, 5.41) is 7.51. The molecule has 27 heavy (non-hydrogen) atoms. The fraction of sp³-hybridized carbons (Fsp3) is 0.368. The molecular weight excluding hydrogens is 381 g/mol. The van der Waals surface area contributed by atoms with Crippen LogP contribution in [-0.2, 0) is 6.54 Å². The lowest BCUT2D eigenvalue weighted by molar-refractivity contribution is -0.274. The van der Waals surface area contributed by atoms with Gasteiger partial charge in [-0.1, -0.05) is 23.7 Å². The summed E-state index contributed by atoms with van der Waals surface area (Å²) < 4.78 is 46.7. The van der Waals surface area contributed by atoms with Crippen molar-refractivity contribution >= 4 is 11.6 Å². The molecule has 2 aromatic rings. The summed E-state index contributed by atoms with van der Waals surface area (Å²) in [5.41, 5.74) is 1.66. The third-order valence-electron chi connectivity index (χ3n) is 4.47. The number of alkyl halides is 3. The zero-order chi connectivity index (χ0) is 19.4. The van der Waals surface area contributed by atoms with Crippen molar-refractivity contribution in [1.29, 1.82) is 0 Å². The Balaban J connectivity index is 1.72. The van der Waals surface area contributed by atoms with Gasteiger partial charge in [-0.05, 0) is 48.9 Å². The number of rotatable bonds is 6. The van der Waals surface area contributed by atoms with Crippen LogP contribution in [0.3, 0.4) is 0 Å². The van der Waals surface area contributed by atoms with Crippen molar-refractivity contribution in [3.05, 3.63) is 58.6 Å². The quantitative estimate of drug-likeness (QED) is 0.752. The lowest BCUT2D eigenvalue weighted by Gasteiger charge is -2.22. The summed E-state index contributed by atoms with van der Waals surface area (Å²) in [4.78, 5) is 0. The second kappa shape index (κ2) is 8.37. The first-order chi connectivity index (χ1) is 12.9. The van der Waals surface area contributed by atoms with Crippen LogP contribution in [0.5, 0.6) is 11.5 Å². The monoisotopic (exact) mass is 400 g/mol. The molecule has 2 aromatic carbocycles. The maximum absolute atomic E-state index is 12.5. The van der Waals surface area contributed by atoms with Crippen LogP contribution >= 0.6 is 11.6 Å². The number of hydrogen-bond acceptors (Lipinski definition) is 4. The Morgan fingerprint density at radius 1 is 1.22 bits per heavy atom. The average Bonchev–Trinajstić information content (AvgIpc) is 3.07. The maximum Gasteiger partial charge on any atom is 0.573 e. The molecule has 1 heterocycles. The molecule has 8 heteroatoms. The molecule has 1 aliphatic rings. The number of halogens is 4. The van der Waals surface area contributed by atoms with Crippen molar-refractivity contribution in [3.8, 4) is 11.5 Å². The van der Waals surface area contributed by atoms with Crippen LogP contribution in [0, 0.1) is 0 Å². The van der Waals surface area contributed by atoms with Crippen molar-refractivity contribution in [2.45, 2.75) is 31.4 Å². The van der Waals surface area contributed by atoms with Gasteiger partial charge in [-0.2, -0.15) is 0 Å². The standard InChI is InChI=1S/C19H20ClF3N2O2/c1-26-17-6-5-15(27-19(21,22)23)10-13(17)11-25-16-7-8-24-18(16)12-3-2-4-14(20)9-12/h2-6,9-10,16,18,24-25H,7-8,11H2,1H3/t16-,18-/m1/s1. The van der Waals surface area contributed by atoms with Crippen molar-refractivity contribution in [1.82, 2.24) is 10.6 Å². The molecule has 0 bridgehead atoms. The first kappa shape index (κ1) is 19.8. The molecule has 0 unspecified atom stereocenters. The van der Waals surface area contributed by atoms with E-state index >= 15 is 0 Å². The summed E-state index contributed by atoms with van der Waals surface area (Å²) in [6.07, 6.45) is -3.84. The molecule has 2 N–H and O–H groups in total. The number of methoxy groups -OCH3 is 1. The fourth-order valence-corrected chi connectivity index (χ4v) is 3.50. The molecule has 0 aliphatic carbocycles. The van der Waals surface area contributed by atoms with Gasteiger partial charge in [0.2, 0.25) is 0 Å². The molecule has 3 rings (SSSR count). The molecule has 0 amide bonds. The van der Waals surface area contributed by atoms with Gasteiger partial charge in [-0.25, -0.2) is 0 Å². The van der Waals surface area contributed by atoms with Crippen LogP contribution in [0.15, 0.2) is 42.5 Å². The SMILES string of the molecule is COc1ccc(OC(F)(F)F)cc1CN[C@@H]1CCN[C@@H]1c1cccc(Cl)c1. The van der Waals surface area contributed by atoms with E-state index in [1.165, 1.54) is 25.3 Å². The van der Waals surface area contributed by atoms with Gasteiger partial charge in [-0.15, -0.1) is 13.2 Å². The molecule has 1 saturated heterocycles. The zero-order valence-corrected chi connectivity index (χ0v) is 15.4. The van der Waals surface area contributed by atoms with Gasteiger partial charge < -0.3 is 20.1 Å². The van der Waals surface area contributed by atoms with Crippen LogP contribution in [0.2, 0.25) is 5.02 Å². The highest BCUT2D eigenvalue weighted by atomic mass is 35.5. The van der Waals surface area contributed by atoms with Crippen molar-refractivity contribution in [3.63, 3.8) is 0 Å². The van der Waals surface area contributed by atoms with Crippen LogP contribution in [0.1, 0.15) is 23.6 Å². The third kappa shape index (κ3) is 5.28. The molecule has 0 spiro atoms. The van der Waals surface area contributed by atoms with Gasteiger partial charge in [0.15, 0.2) is 0 Å². The first-order valence-electron chi connectivity index (χ1n) is 8.50. The number of ether oxygens (including phenoxy) is 2. The smallest absolute Gasteiger partial charge is 0.496 e. The van der Waals surface area contributed by atoms with E-state index in [2.05, 4.69) is 15.4 Å². The van der Waals surface area contributed by atoms with Crippen LogP contribution < -0.4 is 20.1 Å². The normalized spacial score (nSPS) is 19.9. The van der Waals surface area contributed by atoms with E-state index in [1.54, 1.807) is 0 Å². The van der Waals surface area contributed by atoms with Crippen LogP contribution in [0.4, 0.5) is 13.2 Å². The molecule has 0 radical (unpaired) electrons. The van der Waals surface area contributed by atoms with E-state index in [1.807, 2.05) is 24.3 Å². The Labute approximate surface area is 160 Å². The van der Waals surface area contributed by atoms with Crippen LogP contribution in [-0.4, -0.2) is 26.1 Å². The minimum absolute atomic E-state index is 0.0734. The lowest BCUT2D eigenvalue weighted by Crippen LogP contribution is -2.34. The summed E-state index contributed by atoms with van der Waals surface area (Å²) in [7, 11) is 1.48. The zero-order valence-electron chi connectivity index (χ0n) is 14.6. The largest absolute Gasteiger partial charge is 0.573 e. The van der Waals surface area contributed by atoms with Crippen molar-refractivity contribution in [2.24, 2.45) is 0 Å². The third-order valence-corrected chi connectivity index (χ3v) is 4.70.